The summed E-state index contributed by atoms with van der Waals surface area (Å²) in [6.45, 7) is 12.7. The van der Waals surface area contributed by atoms with Crippen LogP contribution in [0.2, 0.25) is 0 Å². The Morgan fingerprint density at radius 3 is 2.48 bits per heavy atom. The van der Waals surface area contributed by atoms with Crippen LogP contribution in [-0.2, 0) is 5.54 Å². The van der Waals surface area contributed by atoms with Gasteiger partial charge in [-0.1, -0.05) is 0 Å². The Bertz CT molecular complexity index is 528. The van der Waals surface area contributed by atoms with Gasteiger partial charge in [0.25, 0.3) is 0 Å². The molecular formula is C16H29N5. The highest BCUT2D eigenvalue weighted by Crippen LogP contribution is 2.34. The summed E-state index contributed by atoms with van der Waals surface area (Å²) in [6, 6.07) is 2.02. The topological polar surface area (TPSA) is 68.2 Å². The molecular weight excluding hydrogens is 262 g/mol. The quantitative estimate of drug-likeness (QED) is 0.822. The van der Waals surface area contributed by atoms with Crippen LogP contribution in [0.15, 0.2) is 11.2 Å². The zero-order valence-corrected chi connectivity index (χ0v) is 14.2. The summed E-state index contributed by atoms with van der Waals surface area (Å²) < 4.78 is 1.92. The maximum absolute atomic E-state index is 6.10. The molecule has 0 spiro atoms. The largest absolute Gasteiger partial charge is 0.384 e. The molecule has 3 N–H and O–H groups in total. The second-order valence-electron chi connectivity index (χ2n) is 8.06. The summed E-state index contributed by atoms with van der Waals surface area (Å²) in [7, 11) is 0. The second-order valence-corrected chi connectivity index (χ2v) is 8.06. The van der Waals surface area contributed by atoms with Gasteiger partial charge >= 0.3 is 0 Å². The third-order valence-corrected chi connectivity index (χ3v) is 3.62. The van der Waals surface area contributed by atoms with Crippen LogP contribution in [0.25, 0.3) is 0 Å². The SMILES string of the molecule is CC(C)(C)N/N=C1/CCC(c2cc(N)n(C(C)(C)C)n2)C1. The van der Waals surface area contributed by atoms with E-state index in [1.165, 1.54) is 5.71 Å². The molecule has 1 aromatic rings. The van der Waals surface area contributed by atoms with Crippen LogP contribution in [0, 0.1) is 0 Å². The fraction of sp³-hybridized carbons (Fsp3) is 0.750. The maximum Gasteiger partial charge on any atom is 0.122 e. The van der Waals surface area contributed by atoms with E-state index in [9.17, 15) is 0 Å². The van der Waals surface area contributed by atoms with Gasteiger partial charge in [-0.05, 0) is 60.8 Å². The minimum Gasteiger partial charge on any atom is -0.384 e. The number of nitrogens with two attached hydrogens (primary N) is 1. The van der Waals surface area contributed by atoms with Crippen LogP contribution in [0.3, 0.4) is 0 Å². The highest BCUT2D eigenvalue weighted by Gasteiger charge is 2.27. The maximum atomic E-state index is 6.10. The molecule has 1 saturated carbocycles. The minimum absolute atomic E-state index is 0.0172. The van der Waals surface area contributed by atoms with Gasteiger partial charge in [-0.25, -0.2) is 4.68 Å². The van der Waals surface area contributed by atoms with E-state index < -0.39 is 0 Å². The van der Waals surface area contributed by atoms with Crippen molar-refractivity contribution in [1.29, 1.82) is 0 Å². The van der Waals surface area contributed by atoms with E-state index in [-0.39, 0.29) is 11.1 Å². The summed E-state index contributed by atoms with van der Waals surface area (Å²) in [5, 5.41) is 9.27. The molecule has 118 valence electrons. The minimum atomic E-state index is -0.0777. The molecule has 0 aliphatic heterocycles. The zero-order chi connectivity index (χ0) is 15.8. The van der Waals surface area contributed by atoms with Gasteiger partial charge in [0.1, 0.15) is 5.82 Å². The highest BCUT2D eigenvalue weighted by molar-refractivity contribution is 5.87. The standard InChI is InChI=1S/C16H29N5/c1-15(2,3)20-18-12-8-7-11(9-12)13-10-14(17)21(19-13)16(4,5)6/h10-11,20H,7-9,17H2,1-6H3/b18-12-. The van der Waals surface area contributed by atoms with Crippen molar-refractivity contribution in [2.75, 3.05) is 5.73 Å². The molecule has 1 aliphatic rings. The van der Waals surface area contributed by atoms with Crippen molar-refractivity contribution in [3.8, 4) is 0 Å². The zero-order valence-electron chi connectivity index (χ0n) is 14.2. The molecule has 1 aliphatic carbocycles. The number of aromatic nitrogens is 2. The number of rotatable bonds is 2. The molecule has 0 bridgehead atoms. The number of nitrogens with one attached hydrogen (secondary N) is 1. The molecule has 1 heterocycles. The Balaban J connectivity index is 2.09. The van der Waals surface area contributed by atoms with Crippen molar-refractivity contribution in [1.82, 2.24) is 15.2 Å². The lowest BCUT2D eigenvalue weighted by Gasteiger charge is -2.20. The van der Waals surface area contributed by atoms with E-state index >= 15 is 0 Å². The molecule has 21 heavy (non-hydrogen) atoms. The van der Waals surface area contributed by atoms with Crippen molar-refractivity contribution in [3.63, 3.8) is 0 Å². The first-order valence-corrected chi connectivity index (χ1v) is 7.75. The van der Waals surface area contributed by atoms with E-state index in [0.717, 1.165) is 30.8 Å². The number of nitrogens with zero attached hydrogens (tertiary/aromatic N) is 3. The van der Waals surface area contributed by atoms with Gasteiger partial charge in [0.05, 0.1) is 11.2 Å². The summed E-state index contributed by atoms with van der Waals surface area (Å²) in [5.41, 5.74) is 11.6. The first-order valence-electron chi connectivity index (χ1n) is 7.75. The molecule has 5 nitrogen and oxygen atoms in total. The smallest absolute Gasteiger partial charge is 0.122 e. The van der Waals surface area contributed by atoms with Crippen molar-refractivity contribution in [2.45, 2.75) is 77.8 Å². The third kappa shape index (κ3) is 3.99. The molecule has 5 heteroatoms. The van der Waals surface area contributed by atoms with E-state index in [2.05, 4.69) is 52.1 Å². The summed E-state index contributed by atoms with van der Waals surface area (Å²) in [6.07, 6.45) is 3.12. The fourth-order valence-electron chi connectivity index (χ4n) is 2.58. The first kappa shape index (κ1) is 15.9. The van der Waals surface area contributed by atoms with E-state index in [1.807, 2.05) is 10.7 Å². The van der Waals surface area contributed by atoms with Crippen molar-refractivity contribution in [3.05, 3.63) is 11.8 Å². The van der Waals surface area contributed by atoms with Gasteiger partial charge in [0.2, 0.25) is 0 Å². The molecule has 1 atom stereocenters. The molecule has 0 saturated heterocycles. The van der Waals surface area contributed by atoms with Gasteiger partial charge < -0.3 is 11.2 Å². The summed E-state index contributed by atoms with van der Waals surface area (Å²) in [5.74, 6) is 1.19. The van der Waals surface area contributed by atoms with Gasteiger partial charge in [-0.15, -0.1) is 0 Å². The molecule has 0 aromatic carbocycles. The summed E-state index contributed by atoms with van der Waals surface area (Å²) in [4.78, 5) is 0. The number of hydrogen-bond donors (Lipinski definition) is 2. The van der Waals surface area contributed by atoms with Crippen molar-refractivity contribution in [2.24, 2.45) is 5.10 Å². The Morgan fingerprint density at radius 2 is 1.95 bits per heavy atom. The predicted octanol–water partition coefficient (Wildman–Crippen LogP) is 3.23. The lowest BCUT2D eigenvalue weighted by Crippen LogP contribution is -2.32. The van der Waals surface area contributed by atoms with E-state index in [4.69, 9.17) is 10.8 Å². The Hall–Kier alpha value is -1.52. The van der Waals surface area contributed by atoms with Gasteiger partial charge in [-0.3, -0.25) is 0 Å². The Labute approximate surface area is 128 Å². The lowest BCUT2D eigenvalue weighted by atomic mass is 10.0. The molecule has 1 fully saturated rings. The number of nitrogen functional groups attached to an aromatic ring is 1. The van der Waals surface area contributed by atoms with E-state index in [0.29, 0.717) is 5.92 Å². The number of anilines is 1. The van der Waals surface area contributed by atoms with Crippen molar-refractivity contribution < 1.29 is 0 Å². The van der Waals surface area contributed by atoms with Crippen LogP contribution in [0.5, 0.6) is 0 Å². The Kier molecular flexibility index (Phi) is 4.04. The molecule has 1 aromatic heterocycles. The third-order valence-electron chi connectivity index (χ3n) is 3.62. The predicted molar refractivity (Wildman–Crippen MR) is 88.6 cm³/mol. The van der Waals surface area contributed by atoms with Crippen LogP contribution < -0.4 is 11.2 Å². The van der Waals surface area contributed by atoms with Crippen LogP contribution in [0.1, 0.15) is 72.4 Å². The first-order chi connectivity index (χ1) is 9.56. The number of hydrogen-bond acceptors (Lipinski definition) is 4. The molecule has 0 amide bonds. The monoisotopic (exact) mass is 291 g/mol. The van der Waals surface area contributed by atoms with Gasteiger partial charge in [0, 0.05) is 23.2 Å². The molecule has 0 radical (unpaired) electrons. The average molecular weight is 291 g/mol. The molecule has 1 unspecified atom stereocenters. The number of hydrazone groups is 1. The van der Waals surface area contributed by atoms with E-state index in [1.54, 1.807) is 0 Å². The lowest BCUT2D eigenvalue weighted by molar-refractivity contribution is 0.357. The second kappa shape index (κ2) is 5.35. The Morgan fingerprint density at radius 1 is 1.29 bits per heavy atom. The molecule has 2 rings (SSSR count). The van der Waals surface area contributed by atoms with Gasteiger partial charge in [0.15, 0.2) is 0 Å². The average Bonchev–Trinajstić information content (AvgIpc) is 2.90. The summed E-state index contributed by atoms with van der Waals surface area (Å²) >= 11 is 0. The highest BCUT2D eigenvalue weighted by atomic mass is 15.3. The van der Waals surface area contributed by atoms with Crippen LogP contribution in [0.4, 0.5) is 5.82 Å². The van der Waals surface area contributed by atoms with Crippen LogP contribution >= 0.6 is 0 Å². The van der Waals surface area contributed by atoms with Gasteiger partial charge in [-0.2, -0.15) is 10.2 Å². The van der Waals surface area contributed by atoms with Crippen LogP contribution in [-0.4, -0.2) is 21.0 Å². The normalized spacial score (nSPS) is 22.0. The van der Waals surface area contributed by atoms with Crippen molar-refractivity contribution >= 4 is 11.5 Å². The fourth-order valence-corrected chi connectivity index (χ4v) is 2.58.